The van der Waals surface area contributed by atoms with Gasteiger partial charge in [-0.2, -0.15) is 0 Å². The number of nitrogens with zero attached hydrogens (tertiary/aromatic N) is 2. The molecule has 54 heavy (non-hydrogen) atoms. The molecule has 6 rings (SSSR count). The number of aliphatic imine (C=N–C) groups is 2. The molecule has 292 valence electrons. The van der Waals surface area contributed by atoms with Crippen molar-refractivity contribution < 1.29 is 78.9 Å². The molecule has 0 fully saturated rings. The molecule has 2 aliphatic rings. The SMILES string of the molecule is COc1cccc(C2(c3cccc(OC)c3)OC(CC3=N[C@H](CC(C)C)C(c4cccc(OC)c4)(c4cccc(OC)c4)O3)=N[C@@H]2CC(C)C)c1.[Br-].[Br-].[Ni+2]. The van der Waals surface area contributed by atoms with Crippen LogP contribution in [0, 0.1) is 11.8 Å². The molecular formula is C43H50Br2N2NiO6. The van der Waals surface area contributed by atoms with Gasteiger partial charge in [-0.05, 0) is 73.2 Å². The van der Waals surface area contributed by atoms with Crippen molar-refractivity contribution >= 4 is 11.8 Å². The van der Waals surface area contributed by atoms with Crippen molar-refractivity contribution in [3.63, 3.8) is 0 Å². The quantitative estimate of drug-likeness (QED) is 0.181. The molecule has 0 spiro atoms. The molecule has 0 saturated carbocycles. The van der Waals surface area contributed by atoms with E-state index >= 15 is 0 Å². The van der Waals surface area contributed by atoms with Crippen LogP contribution in [-0.4, -0.2) is 52.3 Å². The van der Waals surface area contributed by atoms with Gasteiger partial charge in [0, 0.05) is 22.3 Å². The van der Waals surface area contributed by atoms with Gasteiger partial charge in [0.25, 0.3) is 0 Å². The van der Waals surface area contributed by atoms with Crippen LogP contribution in [0.5, 0.6) is 23.0 Å². The van der Waals surface area contributed by atoms with Crippen LogP contribution in [0.1, 0.15) is 69.2 Å². The second kappa shape index (κ2) is 19.4. The van der Waals surface area contributed by atoms with E-state index in [9.17, 15) is 0 Å². The number of benzene rings is 4. The van der Waals surface area contributed by atoms with Crippen molar-refractivity contribution in [3.8, 4) is 23.0 Å². The molecule has 8 nitrogen and oxygen atoms in total. The van der Waals surface area contributed by atoms with Crippen LogP contribution in [0.25, 0.3) is 0 Å². The van der Waals surface area contributed by atoms with Gasteiger partial charge < -0.3 is 62.4 Å². The molecule has 0 N–H and O–H groups in total. The van der Waals surface area contributed by atoms with E-state index in [2.05, 4.69) is 52.0 Å². The van der Waals surface area contributed by atoms with E-state index in [-0.39, 0.29) is 69.0 Å². The molecule has 4 aromatic carbocycles. The summed E-state index contributed by atoms with van der Waals surface area (Å²) < 4.78 is 37.2. The van der Waals surface area contributed by atoms with Gasteiger partial charge in [0.2, 0.25) is 0 Å². The van der Waals surface area contributed by atoms with Gasteiger partial charge in [-0.15, -0.1) is 0 Å². The van der Waals surface area contributed by atoms with Gasteiger partial charge in [0.15, 0.2) is 23.0 Å². The van der Waals surface area contributed by atoms with E-state index in [1.165, 1.54) is 0 Å². The summed E-state index contributed by atoms with van der Waals surface area (Å²) in [5.41, 5.74) is 1.94. The third-order valence-corrected chi connectivity index (χ3v) is 9.78. The topological polar surface area (TPSA) is 80.1 Å². The van der Waals surface area contributed by atoms with Crippen LogP contribution in [-0.2, 0) is 37.2 Å². The average Bonchev–Trinajstić information content (AvgIpc) is 3.69. The maximum absolute atomic E-state index is 7.20. The van der Waals surface area contributed by atoms with Crippen LogP contribution >= 0.6 is 0 Å². The number of hydrogen-bond donors (Lipinski definition) is 0. The van der Waals surface area contributed by atoms with E-state index < -0.39 is 11.2 Å². The van der Waals surface area contributed by atoms with E-state index in [0.29, 0.717) is 23.6 Å². The zero-order valence-electron chi connectivity index (χ0n) is 32.1. The Morgan fingerprint density at radius 1 is 0.519 bits per heavy atom. The van der Waals surface area contributed by atoms with E-state index in [1.54, 1.807) is 28.4 Å². The average molecular weight is 909 g/mol. The van der Waals surface area contributed by atoms with E-state index in [1.807, 2.05) is 72.8 Å². The predicted molar refractivity (Wildman–Crippen MR) is 202 cm³/mol. The van der Waals surface area contributed by atoms with Crippen molar-refractivity contribution in [2.24, 2.45) is 21.8 Å². The molecule has 0 bridgehead atoms. The molecule has 0 aromatic heterocycles. The van der Waals surface area contributed by atoms with Crippen LogP contribution in [0.2, 0.25) is 0 Å². The Balaban J connectivity index is 0.00000261. The fourth-order valence-electron chi connectivity index (χ4n) is 7.47. The number of methoxy groups -OCH3 is 4. The van der Waals surface area contributed by atoms with Gasteiger partial charge >= 0.3 is 16.5 Å². The minimum Gasteiger partial charge on any atom is -1.00 e. The Bertz CT molecular complexity index is 1670. The predicted octanol–water partition coefficient (Wildman–Crippen LogP) is 2.99. The summed E-state index contributed by atoms with van der Waals surface area (Å²) >= 11 is 0. The Labute approximate surface area is 351 Å². The fraction of sp³-hybridized carbons (Fsp3) is 0.395. The summed E-state index contributed by atoms with van der Waals surface area (Å²) in [6.45, 7) is 8.86. The van der Waals surface area contributed by atoms with Gasteiger partial charge in [-0.1, -0.05) is 76.2 Å². The molecule has 2 heterocycles. The first-order valence-corrected chi connectivity index (χ1v) is 17.7. The van der Waals surface area contributed by atoms with E-state index in [0.717, 1.165) is 58.1 Å². The van der Waals surface area contributed by atoms with Crippen molar-refractivity contribution in [1.82, 2.24) is 0 Å². The number of rotatable bonds is 14. The molecular weight excluding hydrogens is 859 g/mol. The van der Waals surface area contributed by atoms with Gasteiger partial charge in [0.05, 0.1) is 34.9 Å². The summed E-state index contributed by atoms with van der Waals surface area (Å²) in [7, 11) is 6.72. The van der Waals surface area contributed by atoms with Crippen LogP contribution in [0.4, 0.5) is 0 Å². The Hall–Kier alpha value is -3.53. The maximum atomic E-state index is 7.20. The van der Waals surface area contributed by atoms with Crippen molar-refractivity contribution in [2.45, 2.75) is 70.2 Å². The summed E-state index contributed by atoms with van der Waals surface area (Å²) in [5.74, 6) is 4.82. The normalized spacial score (nSPS) is 17.8. The summed E-state index contributed by atoms with van der Waals surface area (Å²) in [5, 5.41) is 0. The zero-order valence-corrected chi connectivity index (χ0v) is 36.2. The van der Waals surface area contributed by atoms with Gasteiger partial charge in [-0.3, -0.25) is 0 Å². The Morgan fingerprint density at radius 2 is 0.796 bits per heavy atom. The van der Waals surface area contributed by atoms with Gasteiger partial charge in [-0.25, -0.2) is 9.98 Å². The molecule has 0 radical (unpaired) electrons. The first kappa shape index (κ1) is 44.9. The summed E-state index contributed by atoms with van der Waals surface area (Å²) in [4.78, 5) is 10.7. The molecule has 2 atom stereocenters. The summed E-state index contributed by atoms with van der Waals surface area (Å²) in [6, 6.07) is 31.9. The summed E-state index contributed by atoms with van der Waals surface area (Å²) in [6.07, 6.45) is 1.87. The maximum Gasteiger partial charge on any atom is 2.00 e. The first-order chi connectivity index (χ1) is 24.6. The van der Waals surface area contributed by atoms with Crippen LogP contribution < -0.4 is 52.9 Å². The number of ether oxygens (including phenoxy) is 6. The molecule has 0 amide bonds. The molecule has 4 aromatic rings. The van der Waals surface area contributed by atoms with Crippen LogP contribution in [0.3, 0.4) is 0 Å². The second-order valence-corrected chi connectivity index (χ2v) is 14.1. The monoisotopic (exact) mass is 906 g/mol. The number of halogens is 2. The minimum absolute atomic E-state index is 0. The molecule has 0 unspecified atom stereocenters. The van der Waals surface area contributed by atoms with E-state index in [4.69, 9.17) is 38.4 Å². The van der Waals surface area contributed by atoms with Crippen molar-refractivity contribution in [2.75, 3.05) is 28.4 Å². The standard InChI is InChI=1S/C43H50N2O6.2BrH.Ni/c1-28(2)21-38-42(30-13-9-17-34(23-30)46-5,31-14-10-18-35(24-31)47-6)50-40(44-38)27-41-45-39(22-29(3)4)43(51-41,32-15-11-19-36(25-32)48-7)33-16-12-20-37(26-33)49-8;;;/h9-20,23-26,28-29,38-39H,21-22,27H2,1-8H3;2*1H;/q;;;+2/p-2/t38-,39-;;;/m1.../s1. The molecule has 2 aliphatic heterocycles. The smallest absolute Gasteiger partial charge is 1.00 e. The zero-order chi connectivity index (χ0) is 36.2. The van der Waals surface area contributed by atoms with Crippen LogP contribution in [0.15, 0.2) is 107 Å². The second-order valence-electron chi connectivity index (χ2n) is 14.1. The largest absolute Gasteiger partial charge is 2.00 e. The minimum atomic E-state index is -0.935. The molecule has 0 aliphatic carbocycles. The Morgan fingerprint density at radius 3 is 1.04 bits per heavy atom. The Kier molecular flexibility index (Phi) is 16.1. The number of hydrogen-bond acceptors (Lipinski definition) is 8. The van der Waals surface area contributed by atoms with Crippen molar-refractivity contribution in [1.29, 1.82) is 0 Å². The molecule has 11 heteroatoms. The fourth-order valence-corrected chi connectivity index (χ4v) is 7.47. The van der Waals surface area contributed by atoms with Gasteiger partial charge in [0.1, 0.15) is 35.1 Å². The third kappa shape index (κ3) is 8.95. The molecule has 0 saturated heterocycles. The first-order valence-electron chi connectivity index (χ1n) is 17.7. The third-order valence-electron chi connectivity index (χ3n) is 9.78. The van der Waals surface area contributed by atoms with Crippen molar-refractivity contribution in [3.05, 3.63) is 119 Å².